The minimum absolute atomic E-state index is 0.369. The summed E-state index contributed by atoms with van der Waals surface area (Å²) in [6, 6.07) is 3.61. The smallest absolute Gasteiger partial charge is 0.288 e. The molecule has 0 fully saturated rings. The van der Waals surface area contributed by atoms with Gasteiger partial charge in [0.1, 0.15) is 0 Å². The maximum atomic E-state index is 10.9. The van der Waals surface area contributed by atoms with E-state index in [1.807, 2.05) is 13.0 Å². The Hall–Kier alpha value is -1.49. The van der Waals surface area contributed by atoms with Crippen molar-refractivity contribution in [2.75, 3.05) is 0 Å². The molecule has 1 aromatic heterocycles. The van der Waals surface area contributed by atoms with Crippen molar-refractivity contribution in [2.24, 2.45) is 0 Å². The van der Waals surface area contributed by atoms with Gasteiger partial charge in [-0.3, -0.25) is 14.9 Å². The molecule has 0 aliphatic rings. The van der Waals surface area contributed by atoms with Crippen LogP contribution in [0.25, 0.3) is 6.08 Å². The summed E-state index contributed by atoms with van der Waals surface area (Å²) in [6.45, 7) is 3.09. The summed E-state index contributed by atoms with van der Waals surface area (Å²) < 4.78 is 0. The lowest BCUT2D eigenvalue weighted by Gasteiger charge is -1.90. The normalized spacial score (nSPS) is 11.4. The Kier molecular flexibility index (Phi) is 3.14. The highest BCUT2D eigenvalue weighted by Gasteiger charge is 2.16. The van der Waals surface area contributed by atoms with Crippen molar-refractivity contribution in [3.8, 4) is 0 Å². The van der Waals surface area contributed by atoms with Crippen molar-refractivity contribution >= 4 is 23.2 Å². The first-order chi connectivity index (χ1) is 6.50. The molecule has 0 saturated heterocycles. The van der Waals surface area contributed by atoms with Crippen LogP contribution >= 0.6 is 11.3 Å². The molecule has 0 amide bonds. The van der Waals surface area contributed by atoms with E-state index in [-0.39, 0.29) is 5.70 Å². The number of nitro groups is 1. The second-order valence-electron chi connectivity index (χ2n) is 2.79. The van der Waals surface area contributed by atoms with Crippen LogP contribution in [0.3, 0.4) is 0 Å². The molecule has 0 atom stereocenters. The Morgan fingerprint density at radius 1 is 1.57 bits per heavy atom. The lowest BCUT2D eigenvalue weighted by atomic mass is 10.3. The van der Waals surface area contributed by atoms with Gasteiger partial charge in [-0.1, -0.05) is 0 Å². The maximum Gasteiger partial charge on any atom is 0.313 e. The molecule has 74 valence electrons. The second kappa shape index (κ2) is 4.15. The van der Waals surface area contributed by atoms with E-state index < -0.39 is 10.7 Å². The number of hydrogen-bond donors (Lipinski definition) is 0. The van der Waals surface area contributed by atoms with Crippen LogP contribution < -0.4 is 0 Å². The lowest BCUT2D eigenvalue weighted by molar-refractivity contribution is -0.417. The van der Waals surface area contributed by atoms with Crippen molar-refractivity contribution in [3.05, 3.63) is 37.7 Å². The number of thiophene rings is 1. The van der Waals surface area contributed by atoms with Gasteiger partial charge in [0.25, 0.3) is 0 Å². The molecule has 0 aliphatic heterocycles. The van der Waals surface area contributed by atoms with Gasteiger partial charge >= 0.3 is 5.70 Å². The number of aryl methyl sites for hydroxylation is 1. The number of Topliss-reactive ketones (excluding diaryl/α,β-unsaturated/α-hetero) is 1. The van der Waals surface area contributed by atoms with Crippen LogP contribution in [0.15, 0.2) is 17.8 Å². The molecule has 0 N–H and O–H groups in total. The molecule has 1 rings (SSSR count). The average Bonchev–Trinajstić information content (AvgIpc) is 2.46. The Balaban J connectivity index is 3.05. The highest BCUT2D eigenvalue weighted by atomic mass is 32.1. The Bertz CT molecular complexity index is 390. The predicted molar refractivity (Wildman–Crippen MR) is 54.7 cm³/mol. The Labute approximate surface area is 85.0 Å². The van der Waals surface area contributed by atoms with E-state index in [9.17, 15) is 14.9 Å². The zero-order valence-corrected chi connectivity index (χ0v) is 8.63. The van der Waals surface area contributed by atoms with E-state index in [4.69, 9.17) is 0 Å². The number of ketones is 1. The van der Waals surface area contributed by atoms with Crippen molar-refractivity contribution < 1.29 is 9.72 Å². The van der Waals surface area contributed by atoms with Crippen LogP contribution in [0.1, 0.15) is 16.7 Å². The van der Waals surface area contributed by atoms with Crippen molar-refractivity contribution in [2.45, 2.75) is 13.8 Å². The fourth-order valence-electron chi connectivity index (χ4n) is 0.949. The van der Waals surface area contributed by atoms with Gasteiger partial charge in [-0.05, 0) is 19.1 Å². The molecule has 1 heterocycles. The number of carbonyl (C=O) groups excluding carboxylic acids is 1. The number of hydrogen-bond acceptors (Lipinski definition) is 4. The first kappa shape index (κ1) is 10.6. The van der Waals surface area contributed by atoms with Gasteiger partial charge in [0.15, 0.2) is 0 Å². The first-order valence-corrected chi connectivity index (χ1v) is 4.76. The molecule has 4 nitrogen and oxygen atoms in total. The third kappa shape index (κ3) is 2.50. The van der Waals surface area contributed by atoms with Crippen molar-refractivity contribution in [1.82, 2.24) is 0 Å². The molecule has 0 aliphatic carbocycles. The summed E-state index contributed by atoms with van der Waals surface area (Å²) in [4.78, 5) is 22.5. The summed E-state index contributed by atoms with van der Waals surface area (Å²) in [7, 11) is 0. The van der Waals surface area contributed by atoms with E-state index >= 15 is 0 Å². The summed E-state index contributed by atoms with van der Waals surface area (Å²) >= 11 is 1.42. The second-order valence-corrected chi connectivity index (χ2v) is 4.11. The standard InChI is InChI=1S/C9H9NO3S/c1-6-3-4-8(14-6)5-9(7(2)11)10(12)13/h3-5H,1-2H3/b9-5-. The van der Waals surface area contributed by atoms with Gasteiger partial charge in [0.2, 0.25) is 5.78 Å². The minimum Gasteiger partial charge on any atom is -0.288 e. The van der Waals surface area contributed by atoms with Gasteiger partial charge in [-0.2, -0.15) is 0 Å². The van der Waals surface area contributed by atoms with Gasteiger partial charge < -0.3 is 0 Å². The zero-order chi connectivity index (χ0) is 10.7. The highest BCUT2D eigenvalue weighted by molar-refractivity contribution is 7.12. The molecule has 0 bridgehead atoms. The molecule has 0 spiro atoms. The van der Waals surface area contributed by atoms with E-state index in [1.165, 1.54) is 24.3 Å². The third-order valence-corrected chi connectivity index (χ3v) is 2.55. The molecule has 1 aromatic rings. The predicted octanol–water partition coefficient (Wildman–Crippen LogP) is 2.26. The fourth-order valence-corrected chi connectivity index (χ4v) is 1.76. The van der Waals surface area contributed by atoms with E-state index in [2.05, 4.69) is 0 Å². The molecule has 14 heavy (non-hydrogen) atoms. The number of nitrogens with zero attached hydrogens (tertiary/aromatic N) is 1. The molecular weight excluding hydrogens is 202 g/mol. The highest BCUT2D eigenvalue weighted by Crippen LogP contribution is 2.18. The summed E-state index contributed by atoms with van der Waals surface area (Å²) in [5.41, 5.74) is -0.369. The molecule has 0 radical (unpaired) electrons. The average molecular weight is 211 g/mol. The first-order valence-electron chi connectivity index (χ1n) is 3.94. The van der Waals surface area contributed by atoms with Gasteiger partial charge in [-0.25, -0.2) is 0 Å². The van der Waals surface area contributed by atoms with Gasteiger partial charge in [0.05, 0.1) is 4.92 Å². The minimum atomic E-state index is -0.655. The summed E-state index contributed by atoms with van der Waals surface area (Å²) in [6.07, 6.45) is 1.31. The molecule has 0 unspecified atom stereocenters. The zero-order valence-electron chi connectivity index (χ0n) is 7.81. The van der Waals surface area contributed by atoms with Crippen molar-refractivity contribution in [3.63, 3.8) is 0 Å². The number of rotatable bonds is 3. The van der Waals surface area contributed by atoms with E-state index in [0.29, 0.717) is 0 Å². The fraction of sp³-hybridized carbons (Fsp3) is 0.222. The Morgan fingerprint density at radius 2 is 2.21 bits per heavy atom. The topological polar surface area (TPSA) is 60.2 Å². The molecule has 0 aromatic carbocycles. The molecular formula is C9H9NO3S. The quantitative estimate of drug-likeness (QED) is 0.437. The van der Waals surface area contributed by atoms with Crippen LogP contribution in [0, 0.1) is 17.0 Å². The van der Waals surface area contributed by atoms with Gasteiger partial charge in [0, 0.05) is 22.8 Å². The monoisotopic (exact) mass is 211 g/mol. The summed E-state index contributed by atoms with van der Waals surface area (Å²) in [5, 5.41) is 10.5. The van der Waals surface area contributed by atoms with Crippen LogP contribution in [0.5, 0.6) is 0 Å². The van der Waals surface area contributed by atoms with E-state index in [0.717, 1.165) is 9.75 Å². The Morgan fingerprint density at radius 3 is 2.57 bits per heavy atom. The lowest BCUT2D eigenvalue weighted by Crippen LogP contribution is -2.06. The van der Waals surface area contributed by atoms with Crippen LogP contribution in [-0.4, -0.2) is 10.7 Å². The molecule has 0 saturated carbocycles. The number of allylic oxidation sites excluding steroid dienone is 1. The SMILES string of the molecule is CC(=O)/C(=C/c1ccc(C)s1)[N+](=O)[O-]. The third-order valence-electron chi connectivity index (χ3n) is 1.60. The van der Waals surface area contributed by atoms with Crippen LogP contribution in [-0.2, 0) is 4.79 Å². The number of carbonyl (C=O) groups is 1. The van der Waals surface area contributed by atoms with Crippen LogP contribution in [0.4, 0.5) is 0 Å². The summed E-state index contributed by atoms with van der Waals surface area (Å²) in [5.74, 6) is -0.527. The van der Waals surface area contributed by atoms with E-state index in [1.54, 1.807) is 6.07 Å². The van der Waals surface area contributed by atoms with Crippen LogP contribution in [0.2, 0.25) is 0 Å². The van der Waals surface area contributed by atoms with Gasteiger partial charge in [-0.15, -0.1) is 11.3 Å². The largest absolute Gasteiger partial charge is 0.313 e. The maximum absolute atomic E-state index is 10.9. The van der Waals surface area contributed by atoms with Crippen molar-refractivity contribution in [1.29, 1.82) is 0 Å². The molecule has 5 heteroatoms.